The fraction of sp³-hybridized carbons (Fsp3) is 0.458. The normalized spacial score (nSPS) is 24.6. The van der Waals surface area contributed by atoms with E-state index in [0.717, 1.165) is 45.4 Å². The summed E-state index contributed by atoms with van der Waals surface area (Å²) in [6, 6.07) is 19.2. The molecule has 2 aromatic rings. The highest BCUT2D eigenvalue weighted by atomic mass is 16.5. The monoisotopic (exact) mass is 397 g/mol. The molecule has 5 heteroatoms. The molecule has 156 valence electrons. The molecule has 5 nitrogen and oxygen atoms in total. The van der Waals surface area contributed by atoms with Crippen molar-refractivity contribution in [3.8, 4) is 11.1 Å². The van der Waals surface area contributed by atoms with Crippen LogP contribution in [0.4, 0.5) is 0 Å². The Hall–Kier alpha value is -2.05. The number of nitrogens with zero attached hydrogens (tertiary/aromatic N) is 1. The number of carbonyl (C=O) groups excluding carboxylic acids is 1. The minimum absolute atomic E-state index is 0.131. The Morgan fingerprint density at radius 3 is 2.31 bits per heavy atom. The highest BCUT2D eigenvalue weighted by Gasteiger charge is 2.37. The molecule has 1 heterocycles. The maximum Gasteiger partial charge on any atom is 0.116 e. The zero-order valence-corrected chi connectivity index (χ0v) is 17.1. The van der Waals surface area contributed by atoms with Crippen LogP contribution >= 0.6 is 0 Å². The third-order valence-electron chi connectivity index (χ3n) is 5.51. The Labute approximate surface area is 173 Å². The first-order chi connectivity index (χ1) is 14.2. The third kappa shape index (κ3) is 6.21. The molecule has 2 fully saturated rings. The molecule has 1 saturated heterocycles. The van der Waals surface area contributed by atoms with E-state index in [4.69, 9.17) is 14.3 Å². The van der Waals surface area contributed by atoms with Crippen LogP contribution in [-0.4, -0.2) is 60.8 Å². The van der Waals surface area contributed by atoms with Crippen LogP contribution in [0.1, 0.15) is 25.3 Å². The van der Waals surface area contributed by atoms with Gasteiger partial charge in [0.1, 0.15) is 6.29 Å². The van der Waals surface area contributed by atoms with Crippen LogP contribution in [0.2, 0.25) is 0 Å². The maximum atomic E-state index is 10.4. The zero-order chi connectivity index (χ0) is 20.5. The minimum Gasteiger partial charge on any atom is -0.391 e. The quantitative estimate of drug-likeness (QED) is 0.785. The molecule has 0 unspecified atom stereocenters. The van der Waals surface area contributed by atoms with E-state index in [1.807, 2.05) is 6.07 Å². The average molecular weight is 398 g/mol. The van der Waals surface area contributed by atoms with Gasteiger partial charge in [-0.15, -0.1) is 0 Å². The van der Waals surface area contributed by atoms with Crippen molar-refractivity contribution in [2.45, 2.75) is 44.6 Å². The van der Waals surface area contributed by atoms with Crippen molar-refractivity contribution in [2.24, 2.45) is 0 Å². The lowest BCUT2D eigenvalue weighted by Crippen LogP contribution is -2.46. The highest BCUT2D eigenvalue weighted by Crippen LogP contribution is 2.28. The summed E-state index contributed by atoms with van der Waals surface area (Å²) < 4.78 is 11.5. The van der Waals surface area contributed by atoms with E-state index in [2.05, 4.69) is 53.4 Å². The van der Waals surface area contributed by atoms with Crippen LogP contribution in [0.3, 0.4) is 0 Å². The van der Waals surface area contributed by atoms with Crippen LogP contribution < -0.4 is 0 Å². The van der Waals surface area contributed by atoms with Gasteiger partial charge in [-0.25, -0.2) is 0 Å². The first-order valence-corrected chi connectivity index (χ1v) is 10.4. The highest BCUT2D eigenvalue weighted by molar-refractivity contribution is 5.63. The van der Waals surface area contributed by atoms with E-state index in [9.17, 15) is 5.11 Å². The number of hydrogen-bond donors (Lipinski definition) is 1. The molecule has 1 saturated carbocycles. The Balaban J connectivity index is 0.000000755. The second kappa shape index (κ2) is 11.2. The summed E-state index contributed by atoms with van der Waals surface area (Å²) in [4.78, 5) is 11.2. The van der Waals surface area contributed by atoms with E-state index in [-0.39, 0.29) is 18.2 Å². The summed E-state index contributed by atoms with van der Waals surface area (Å²) in [6.07, 6.45) is 2.22. The Bertz CT molecular complexity index is 728. The molecule has 0 amide bonds. The molecule has 0 spiro atoms. The molecule has 1 aliphatic heterocycles. The Kier molecular flexibility index (Phi) is 8.38. The van der Waals surface area contributed by atoms with E-state index < -0.39 is 0 Å². The summed E-state index contributed by atoms with van der Waals surface area (Å²) >= 11 is 0. The van der Waals surface area contributed by atoms with Crippen molar-refractivity contribution in [2.75, 3.05) is 26.3 Å². The molecule has 29 heavy (non-hydrogen) atoms. The number of aldehydes is 1. The zero-order valence-electron chi connectivity index (χ0n) is 17.1. The smallest absolute Gasteiger partial charge is 0.116 e. The first kappa shape index (κ1) is 21.7. The lowest BCUT2D eigenvalue weighted by atomic mass is 10.0. The van der Waals surface area contributed by atoms with Gasteiger partial charge in [0, 0.05) is 25.6 Å². The number of ether oxygens (including phenoxy) is 2. The summed E-state index contributed by atoms with van der Waals surface area (Å²) in [5.41, 5.74) is 3.62. The number of carbonyl (C=O) groups is 1. The first-order valence-electron chi connectivity index (χ1n) is 10.4. The molecule has 0 bridgehead atoms. The van der Waals surface area contributed by atoms with Gasteiger partial charge in [-0.1, -0.05) is 54.6 Å². The Morgan fingerprint density at radius 1 is 1.03 bits per heavy atom. The van der Waals surface area contributed by atoms with E-state index >= 15 is 0 Å². The van der Waals surface area contributed by atoms with Crippen molar-refractivity contribution in [3.63, 3.8) is 0 Å². The number of morpholine rings is 1. The van der Waals surface area contributed by atoms with Gasteiger partial charge in [0.05, 0.1) is 32.0 Å². The van der Waals surface area contributed by atoms with Gasteiger partial charge in [0.25, 0.3) is 0 Å². The van der Waals surface area contributed by atoms with E-state index in [1.165, 1.54) is 23.6 Å². The van der Waals surface area contributed by atoms with Crippen LogP contribution in [-0.2, 0) is 20.9 Å². The van der Waals surface area contributed by atoms with Crippen molar-refractivity contribution in [3.05, 3.63) is 60.2 Å². The van der Waals surface area contributed by atoms with Crippen molar-refractivity contribution < 1.29 is 19.4 Å². The average Bonchev–Trinajstić information content (AvgIpc) is 3.15. The van der Waals surface area contributed by atoms with Gasteiger partial charge in [-0.05, 0) is 30.0 Å². The molecule has 1 N–H and O–H groups in total. The van der Waals surface area contributed by atoms with E-state index in [1.54, 1.807) is 0 Å². The van der Waals surface area contributed by atoms with E-state index in [0.29, 0.717) is 6.61 Å². The van der Waals surface area contributed by atoms with Crippen LogP contribution in [0, 0.1) is 0 Å². The molecule has 4 rings (SSSR count). The lowest BCUT2D eigenvalue weighted by Gasteiger charge is -2.33. The summed E-state index contributed by atoms with van der Waals surface area (Å²) in [7, 11) is 0. The summed E-state index contributed by atoms with van der Waals surface area (Å²) in [5, 5.41) is 10.4. The molecule has 2 aromatic carbocycles. The molecular formula is C24H31NO4. The molecular weight excluding hydrogens is 366 g/mol. The maximum absolute atomic E-state index is 10.4. The second-order valence-electron chi connectivity index (χ2n) is 7.49. The van der Waals surface area contributed by atoms with Crippen LogP contribution in [0.25, 0.3) is 11.1 Å². The molecule has 0 radical (unpaired) electrons. The van der Waals surface area contributed by atoms with Gasteiger partial charge in [-0.3, -0.25) is 4.90 Å². The van der Waals surface area contributed by atoms with Crippen molar-refractivity contribution in [1.82, 2.24) is 4.90 Å². The standard InChI is InChI=1S/C22H27NO3.C2H4O/c24-22-15-20(14-21(22)23-10-12-25-13-11-23)26-16-17-6-8-19(9-7-17)18-4-2-1-3-5-18;1-2-3/h1-9,20-22,24H,10-16H2;2H,1H3/t20-,21+,22-;/m0./s1. The fourth-order valence-corrected chi connectivity index (χ4v) is 4.02. The largest absolute Gasteiger partial charge is 0.391 e. The predicted molar refractivity (Wildman–Crippen MR) is 114 cm³/mol. The number of benzene rings is 2. The second-order valence-corrected chi connectivity index (χ2v) is 7.49. The van der Waals surface area contributed by atoms with Crippen molar-refractivity contribution in [1.29, 1.82) is 0 Å². The predicted octanol–water partition coefficient (Wildman–Crippen LogP) is 3.30. The molecule has 0 aromatic heterocycles. The third-order valence-corrected chi connectivity index (χ3v) is 5.51. The van der Waals surface area contributed by atoms with Gasteiger partial charge >= 0.3 is 0 Å². The van der Waals surface area contributed by atoms with Crippen LogP contribution in [0.5, 0.6) is 0 Å². The topological polar surface area (TPSA) is 59.0 Å². The van der Waals surface area contributed by atoms with Crippen LogP contribution in [0.15, 0.2) is 54.6 Å². The lowest BCUT2D eigenvalue weighted by molar-refractivity contribution is -0.106. The van der Waals surface area contributed by atoms with Gasteiger partial charge in [0.2, 0.25) is 0 Å². The minimum atomic E-state index is -0.293. The number of rotatable bonds is 5. The summed E-state index contributed by atoms with van der Waals surface area (Å²) in [5.74, 6) is 0. The van der Waals surface area contributed by atoms with Gasteiger partial charge < -0.3 is 19.4 Å². The van der Waals surface area contributed by atoms with Crippen molar-refractivity contribution >= 4 is 6.29 Å². The number of aliphatic hydroxyl groups is 1. The number of hydrogen-bond acceptors (Lipinski definition) is 5. The summed E-state index contributed by atoms with van der Waals surface area (Å²) in [6.45, 7) is 5.40. The SMILES string of the molecule is CC=O.O[C@H]1C[C@@H](OCc2ccc(-c3ccccc3)cc2)C[C@H]1N1CCOCC1. The van der Waals surface area contributed by atoms with Gasteiger partial charge in [0.15, 0.2) is 0 Å². The molecule has 2 aliphatic rings. The molecule has 1 aliphatic carbocycles. The molecule has 3 atom stereocenters. The Morgan fingerprint density at radius 2 is 1.66 bits per heavy atom. The number of aliphatic hydroxyl groups excluding tert-OH is 1. The van der Waals surface area contributed by atoms with Gasteiger partial charge in [-0.2, -0.15) is 0 Å². The fourth-order valence-electron chi connectivity index (χ4n) is 4.02.